The lowest BCUT2D eigenvalue weighted by molar-refractivity contribution is -0.119. The van der Waals surface area contributed by atoms with E-state index in [0.29, 0.717) is 71.9 Å². The highest BCUT2D eigenvalue weighted by Gasteiger charge is 2.37. The molecular formula is C38H38Cl2N6O4. The fourth-order valence-corrected chi connectivity index (χ4v) is 7.51. The zero-order valence-electron chi connectivity index (χ0n) is 27.8. The summed E-state index contributed by atoms with van der Waals surface area (Å²) in [5.41, 5.74) is 5.72. The molecule has 0 bridgehead atoms. The van der Waals surface area contributed by atoms with Crippen molar-refractivity contribution in [1.82, 2.24) is 30.3 Å². The van der Waals surface area contributed by atoms with Crippen molar-refractivity contribution in [2.75, 3.05) is 13.7 Å². The molecule has 1 saturated carbocycles. The summed E-state index contributed by atoms with van der Waals surface area (Å²) in [6, 6.07) is 21.0. The second-order valence-electron chi connectivity index (χ2n) is 13.3. The topological polar surface area (TPSA) is 130 Å². The van der Waals surface area contributed by atoms with Gasteiger partial charge < -0.3 is 25.8 Å². The summed E-state index contributed by atoms with van der Waals surface area (Å²) in [4.78, 5) is 34.0. The number of methoxy groups -OCH3 is 1. The van der Waals surface area contributed by atoms with Crippen molar-refractivity contribution in [2.24, 2.45) is 0 Å². The van der Waals surface area contributed by atoms with E-state index in [2.05, 4.69) is 16.0 Å². The zero-order valence-corrected chi connectivity index (χ0v) is 29.3. The average molecular weight is 714 g/mol. The van der Waals surface area contributed by atoms with Gasteiger partial charge in [0.2, 0.25) is 11.8 Å². The first kappa shape index (κ1) is 34.1. The standard InChI is InChI=1S/C38H38Cl2N6O4/c1-38(49)17-26(18-38)42-21-25-16-34(48)46-14-13-22(15-32(46)43-25)27-5-3-6-28(35(27)39)29-7-4-8-30(36(29)40)31-11-9-23(37(45-31)50-2)19-41-20-24-10-12-33(47)44-24/h3-9,11,13-16,24,26,41-42,49H,10,12,17-21H2,1-2H3,(H,44,47). The molecule has 1 saturated heterocycles. The van der Waals surface area contributed by atoms with Crippen LogP contribution in [0, 0.1) is 0 Å². The maximum absolute atomic E-state index is 12.9. The number of carbonyl (C=O) groups is 1. The Hall–Kier alpha value is -4.32. The lowest BCUT2D eigenvalue weighted by Crippen LogP contribution is -2.51. The molecule has 7 rings (SSSR count). The SMILES string of the molecule is COc1nc(-c2cccc(-c3cccc(-c4ccn5c(=O)cc(CNC6CC(C)(O)C6)nc5c4)c3Cl)c2Cl)ccc1CNCC1CCC(=O)N1. The van der Waals surface area contributed by atoms with Gasteiger partial charge in [-0.15, -0.1) is 0 Å². The highest BCUT2D eigenvalue weighted by Crippen LogP contribution is 2.42. The molecule has 2 aromatic carbocycles. The Labute approximate surface area is 299 Å². The van der Waals surface area contributed by atoms with Crippen LogP contribution in [0.4, 0.5) is 0 Å². The Morgan fingerprint density at radius 3 is 2.38 bits per heavy atom. The van der Waals surface area contributed by atoms with Gasteiger partial charge >= 0.3 is 0 Å². The van der Waals surface area contributed by atoms with Crippen LogP contribution in [0.3, 0.4) is 0 Å². The van der Waals surface area contributed by atoms with Crippen molar-refractivity contribution in [3.8, 4) is 39.4 Å². The zero-order chi connectivity index (χ0) is 35.0. The van der Waals surface area contributed by atoms with E-state index < -0.39 is 5.60 Å². The van der Waals surface area contributed by atoms with E-state index in [1.54, 1.807) is 13.3 Å². The molecule has 12 heteroatoms. The predicted molar refractivity (Wildman–Crippen MR) is 195 cm³/mol. The summed E-state index contributed by atoms with van der Waals surface area (Å²) in [5, 5.41) is 20.8. The smallest absolute Gasteiger partial charge is 0.258 e. The van der Waals surface area contributed by atoms with Crippen LogP contribution in [0.2, 0.25) is 10.0 Å². The molecule has 10 nitrogen and oxygen atoms in total. The molecule has 0 radical (unpaired) electrons. The molecule has 1 atom stereocenters. The number of hydrogen-bond donors (Lipinski definition) is 4. The Bertz CT molecular complexity index is 2140. The monoisotopic (exact) mass is 712 g/mol. The minimum absolute atomic E-state index is 0.0935. The van der Waals surface area contributed by atoms with Crippen LogP contribution < -0.4 is 26.2 Å². The van der Waals surface area contributed by atoms with Crippen LogP contribution in [0.5, 0.6) is 5.88 Å². The molecular weight excluding hydrogens is 675 g/mol. The van der Waals surface area contributed by atoms with Crippen LogP contribution in [-0.2, 0) is 17.9 Å². The number of hydrogen-bond acceptors (Lipinski definition) is 8. The molecule has 5 aromatic rings. The van der Waals surface area contributed by atoms with Gasteiger partial charge in [-0.2, -0.15) is 0 Å². The number of nitrogens with zero attached hydrogens (tertiary/aromatic N) is 3. The second-order valence-corrected chi connectivity index (χ2v) is 14.1. The number of benzene rings is 2. The van der Waals surface area contributed by atoms with Gasteiger partial charge in [0.15, 0.2) is 0 Å². The summed E-state index contributed by atoms with van der Waals surface area (Å²) >= 11 is 14.2. The molecule has 2 aliphatic rings. The molecule has 1 aliphatic carbocycles. The van der Waals surface area contributed by atoms with E-state index in [1.165, 1.54) is 10.5 Å². The summed E-state index contributed by atoms with van der Waals surface area (Å²) in [6.45, 7) is 3.47. The van der Waals surface area contributed by atoms with Crippen molar-refractivity contribution >= 4 is 34.8 Å². The summed E-state index contributed by atoms with van der Waals surface area (Å²) < 4.78 is 7.16. The van der Waals surface area contributed by atoms with Crippen molar-refractivity contribution in [3.05, 3.63) is 105 Å². The van der Waals surface area contributed by atoms with E-state index in [9.17, 15) is 14.7 Å². The molecule has 50 heavy (non-hydrogen) atoms. The highest BCUT2D eigenvalue weighted by molar-refractivity contribution is 6.39. The molecule has 2 fully saturated rings. The van der Waals surface area contributed by atoms with Gasteiger partial charge in [-0.25, -0.2) is 9.97 Å². The normalized spacial score (nSPS) is 20.1. The van der Waals surface area contributed by atoms with Crippen molar-refractivity contribution in [3.63, 3.8) is 0 Å². The van der Waals surface area contributed by atoms with Gasteiger partial charge in [-0.1, -0.05) is 65.7 Å². The molecule has 1 unspecified atom stereocenters. The largest absolute Gasteiger partial charge is 0.481 e. The number of carbonyl (C=O) groups excluding carboxylic acids is 1. The molecule has 4 heterocycles. The van der Waals surface area contributed by atoms with Gasteiger partial charge in [0.05, 0.1) is 34.1 Å². The first-order valence-electron chi connectivity index (χ1n) is 16.7. The molecule has 0 spiro atoms. The number of rotatable bonds is 11. The minimum Gasteiger partial charge on any atom is -0.481 e. The second kappa shape index (κ2) is 14.1. The van der Waals surface area contributed by atoms with Gasteiger partial charge in [-0.05, 0) is 49.9 Å². The number of aliphatic hydroxyl groups is 1. The Balaban J connectivity index is 1.13. The van der Waals surface area contributed by atoms with Crippen molar-refractivity contribution in [1.29, 1.82) is 0 Å². The van der Waals surface area contributed by atoms with E-state index in [4.69, 9.17) is 37.9 Å². The van der Waals surface area contributed by atoms with Crippen LogP contribution in [0.15, 0.2) is 77.7 Å². The fraction of sp³-hybridized carbons (Fsp3) is 0.316. The number of fused-ring (bicyclic) bond motifs is 1. The molecule has 1 amide bonds. The van der Waals surface area contributed by atoms with Crippen LogP contribution in [0.1, 0.15) is 43.9 Å². The van der Waals surface area contributed by atoms with Gasteiger partial charge in [0.25, 0.3) is 5.56 Å². The molecule has 1 aliphatic heterocycles. The van der Waals surface area contributed by atoms with Crippen LogP contribution >= 0.6 is 23.2 Å². The van der Waals surface area contributed by atoms with Gasteiger partial charge in [0.1, 0.15) is 5.65 Å². The third-order valence-electron chi connectivity index (χ3n) is 9.46. The first-order chi connectivity index (χ1) is 24.1. The molecule has 258 valence electrons. The Morgan fingerprint density at radius 2 is 1.68 bits per heavy atom. The average Bonchev–Trinajstić information content (AvgIpc) is 3.51. The lowest BCUT2D eigenvalue weighted by atomic mass is 9.77. The maximum Gasteiger partial charge on any atom is 0.258 e. The van der Waals surface area contributed by atoms with E-state index >= 15 is 0 Å². The van der Waals surface area contributed by atoms with Crippen LogP contribution in [-0.4, -0.2) is 56.7 Å². The minimum atomic E-state index is -0.631. The van der Waals surface area contributed by atoms with E-state index in [1.807, 2.05) is 67.6 Å². The third kappa shape index (κ3) is 7.12. The molecule has 3 aromatic heterocycles. The summed E-state index contributed by atoms with van der Waals surface area (Å²) in [6.07, 6.45) is 4.45. The first-order valence-corrected chi connectivity index (χ1v) is 17.4. The van der Waals surface area contributed by atoms with Crippen LogP contribution in [0.25, 0.3) is 39.2 Å². The van der Waals surface area contributed by atoms with Crippen molar-refractivity contribution < 1.29 is 14.6 Å². The summed E-state index contributed by atoms with van der Waals surface area (Å²) in [5.74, 6) is 0.585. The highest BCUT2D eigenvalue weighted by atomic mass is 35.5. The van der Waals surface area contributed by atoms with E-state index in [0.717, 1.165) is 39.8 Å². The fourth-order valence-electron chi connectivity index (χ4n) is 6.85. The Kier molecular flexibility index (Phi) is 9.65. The number of halogens is 2. The number of pyridine rings is 2. The number of nitrogens with one attached hydrogen (secondary N) is 3. The van der Waals surface area contributed by atoms with Gasteiger partial charge in [0, 0.05) is 78.2 Å². The quantitative estimate of drug-likeness (QED) is 0.136. The number of ether oxygens (including phenoxy) is 1. The third-order valence-corrected chi connectivity index (χ3v) is 10.3. The lowest BCUT2D eigenvalue weighted by Gasteiger charge is -2.41. The maximum atomic E-state index is 12.9. The van der Waals surface area contributed by atoms with Crippen molar-refractivity contribution in [2.45, 2.75) is 63.4 Å². The summed E-state index contributed by atoms with van der Waals surface area (Å²) in [7, 11) is 1.59. The van der Waals surface area contributed by atoms with E-state index in [-0.39, 0.29) is 23.6 Å². The Morgan fingerprint density at radius 1 is 0.960 bits per heavy atom. The van der Waals surface area contributed by atoms with Gasteiger partial charge in [-0.3, -0.25) is 14.0 Å². The number of amides is 1. The number of aromatic nitrogens is 3. The molecule has 4 N–H and O–H groups in total. The predicted octanol–water partition coefficient (Wildman–Crippen LogP) is 5.78.